The Balaban J connectivity index is 1.94. The summed E-state index contributed by atoms with van der Waals surface area (Å²) in [5.41, 5.74) is 0.0214. The number of hydrogen-bond acceptors (Lipinski definition) is 2. The monoisotopic (exact) mass is 255 g/mol. The highest BCUT2D eigenvalue weighted by molar-refractivity contribution is 5.21. The van der Waals surface area contributed by atoms with E-state index in [1.165, 1.54) is 12.8 Å². The van der Waals surface area contributed by atoms with Crippen LogP contribution in [-0.4, -0.2) is 17.7 Å². The van der Waals surface area contributed by atoms with E-state index in [1.807, 2.05) is 0 Å². The molecule has 1 aromatic carbocycles. The van der Waals surface area contributed by atoms with Crippen molar-refractivity contribution in [2.75, 3.05) is 6.54 Å². The van der Waals surface area contributed by atoms with E-state index < -0.39 is 17.7 Å². The molecule has 2 rings (SSSR count). The van der Waals surface area contributed by atoms with Crippen LogP contribution >= 0.6 is 0 Å². The predicted molar refractivity (Wildman–Crippen MR) is 66.1 cm³/mol. The topological polar surface area (TPSA) is 32.3 Å². The Morgan fingerprint density at radius 2 is 2.17 bits per heavy atom. The maximum atomic E-state index is 13.4. The summed E-state index contributed by atoms with van der Waals surface area (Å²) in [6.07, 6.45) is 2.44. The van der Waals surface area contributed by atoms with E-state index >= 15 is 0 Å². The number of rotatable bonds is 4. The van der Waals surface area contributed by atoms with Crippen LogP contribution in [0.25, 0.3) is 0 Å². The summed E-state index contributed by atoms with van der Waals surface area (Å²) < 4.78 is 26.5. The fraction of sp³-hybridized carbons (Fsp3) is 0.571. The van der Waals surface area contributed by atoms with E-state index in [0.717, 1.165) is 24.6 Å². The highest BCUT2D eigenvalue weighted by Crippen LogP contribution is 2.25. The van der Waals surface area contributed by atoms with Gasteiger partial charge in [0, 0.05) is 18.2 Å². The second-order valence-electron chi connectivity index (χ2n) is 5.10. The zero-order valence-corrected chi connectivity index (χ0v) is 10.5. The van der Waals surface area contributed by atoms with Crippen LogP contribution in [0.3, 0.4) is 0 Å². The van der Waals surface area contributed by atoms with Crippen LogP contribution in [0.4, 0.5) is 8.78 Å². The van der Waals surface area contributed by atoms with Gasteiger partial charge in [-0.25, -0.2) is 8.78 Å². The van der Waals surface area contributed by atoms with Gasteiger partial charge in [-0.15, -0.1) is 0 Å². The normalized spacial score (nSPS) is 25.3. The Labute approximate surface area is 106 Å². The van der Waals surface area contributed by atoms with E-state index in [-0.39, 0.29) is 12.1 Å². The van der Waals surface area contributed by atoms with Gasteiger partial charge in [-0.2, -0.15) is 0 Å². The molecule has 1 aromatic rings. The van der Waals surface area contributed by atoms with Gasteiger partial charge in [0.15, 0.2) is 0 Å². The summed E-state index contributed by atoms with van der Waals surface area (Å²) in [5, 5.41) is 13.1. The summed E-state index contributed by atoms with van der Waals surface area (Å²) in [4.78, 5) is 0. The third-order valence-corrected chi connectivity index (χ3v) is 3.75. The minimum atomic E-state index is -1.01. The van der Waals surface area contributed by atoms with Gasteiger partial charge in [0.2, 0.25) is 0 Å². The van der Waals surface area contributed by atoms with E-state index in [1.54, 1.807) is 0 Å². The van der Waals surface area contributed by atoms with Crippen LogP contribution in [-0.2, 0) is 0 Å². The minimum absolute atomic E-state index is 0.0214. The number of aliphatic hydroxyl groups is 1. The van der Waals surface area contributed by atoms with Crippen molar-refractivity contribution in [1.29, 1.82) is 0 Å². The second kappa shape index (κ2) is 5.76. The van der Waals surface area contributed by atoms with Crippen molar-refractivity contribution in [2.24, 2.45) is 5.92 Å². The van der Waals surface area contributed by atoms with Gasteiger partial charge in [-0.1, -0.05) is 13.3 Å². The first-order valence-corrected chi connectivity index (χ1v) is 6.44. The molecular weight excluding hydrogens is 236 g/mol. The fourth-order valence-electron chi connectivity index (χ4n) is 2.59. The van der Waals surface area contributed by atoms with Gasteiger partial charge in [0.1, 0.15) is 11.6 Å². The zero-order valence-electron chi connectivity index (χ0n) is 10.5. The van der Waals surface area contributed by atoms with Crippen LogP contribution in [0.2, 0.25) is 0 Å². The van der Waals surface area contributed by atoms with Crippen molar-refractivity contribution in [3.05, 3.63) is 35.4 Å². The molecule has 0 bridgehead atoms. The van der Waals surface area contributed by atoms with Gasteiger partial charge in [-0.05, 0) is 37.0 Å². The van der Waals surface area contributed by atoms with E-state index in [9.17, 15) is 13.9 Å². The molecule has 2 N–H and O–H groups in total. The van der Waals surface area contributed by atoms with Gasteiger partial charge >= 0.3 is 0 Å². The van der Waals surface area contributed by atoms with Crippen LogP contribution in [0.5, 0.6) is 0 Å². The third kappa shape index (κ3) is 3.06. The molecule has 0 radical (unpaired) electrons. The molecule has 0 heterocycles. The predicted octanol–water partition coefficient (Wildman–Crippen LogP) is 2.78. The standard InChI is InChI=1S/C14H19F2NO/c1-9-3-2-4-13(9)17-8-14(18)11-7-10(15)5-6-12(11)16/h5-7,9,13-14,17-18H,2-4,8H2,1H3. The first-order valence-electron chi connectivity index (χ1n) is 6.44. The molecule has 1 fully saturated rings. The Morgan fingerprint density at radius 1 is 1.39 bits per heavy atom. The summed E-state index contributed by atoms with van der Waals surface area (Å²) >= 11 is 0. The second-order valence-corrected chi connectivity index (χ2v) is 5.10. The summed E-state index contributed by atoms with van der Waals surface area (Å²) in [6, 6.07) is 3.53. The molecule has 4 heteroatoms. The van der Waals surface area contributed by atoms with Crippen LogP contribution in [0, 0.1) is 17.6 Å². The molecule has 0 amide bonds. The molecular formula is C14H19F2NO. The Morgan fingerprint density at radius 3 is 2.83 bits per heavy atom. The van der Waals surface area contributed by atoms with Crippen molar-refractivity contribution in [2.45, 2.75) is 38.3 Å². The Kier molecular flexibility index (Phi) is 4.30. The lowest BCUT2D eigenvalue weighted by Crippen LogP contribution is -2.34. The Hall–Kier alpha value is -1.00. The first kappa shape index (κ1) is 13.4. The zero-order chi connectivity index (χ0) is 13.1. The molecule has 1 aliphatic rings. The van der Waals surface area contributed by atoms with Crippen molar-refractivity contribution in [1.82, 2.24) is 5.32 Å². The van der Waals surface area contributed by atoms with E-state index in [4.69, 9.17) is 0 Å². The van der Waals surface area contributed by atoms with Gasteiger partial charge < -0.3 is 10.4 Å². The maximum absolute atomic E-state index is 13.4. The van der Waals surface area contributed by atoms with Crippen molar-refractivity contribution >= 4 is 0 Å². The molecule has 0 aromatic heterocycles. The minimum Gasteiger partial charge on any atom is -0.387 e. The lowest BCUT2D eigenvalue weighted by molar-refractivity contribution is 0.162. The van der Waals surface area contributed by atoms with Crippen molar-refractivity contribution in [3.8, 4) is 0 Å². The maximum Gasteiger partial charge on any atom is 0.129 e. The number of halogens is 2. The number of hydrogen-bond donors (Lipinski definition) is 2. The van der Waals surface area contributed by atoms with Gasteiger partial charge in [0.25, 0.3) is 0 Å². The van der Waals surface area contributed by atoms with Crippen molar-refractivity contribution < 1.29 is 13.9 Å². The SMILES string of the molecule is CC1CCCC1NCC(O)c1cc(F)ccc1F. The molecule has 18 heavy (non-hydrogen) atoms. The van der Waals surface area contributed by atoms with E-state index in [2.05, 4.69) is 12.2 Å². The van der Waals surface area contributed by atoms with Crippen LogP contribution in [0.15, 0.2) is 18.2 Å². The molecule has 0 aliphatic heterocycles. The molecule has 1 saturated carbocycles. The molecule has 0 saturated heterocycles. The molecule has 3 unspecified atom stereocenters. The molecule has 100 valence electrons. The number of aliphatic hydroxyl groups excluding tert-OH is 1. The van der Waals surface area contributed by atoms with Crippen molar-refractivity contribution in [3.63, 3.8) is 0 Å². The highest BCUT2D eigenvalue weighted by Gasteiger charge is 2.24. The average molecular weight is 255 g/mol. The summed E-state index contributed by atoms with van der Waals surface area (Å²) in [7, 11) is 0. The quantitative estimate of drug-likeness (QED) is 0.867. The van der Waals surface area contributed by atoms with Crippen LogP contribution < -0.4 is 5.32 Å². The lowest BCUT2D eigenvalue weighted by atomic mass is 10.0. The lowest BCUT2D eigenvalue weighted by Gasteiger charge is -2.20. The molecule has 3 atom stereocenters. The molecule has 2 nitrogen and oxygen atoms in total. The molecule has 1 aliphatic carbocycles. The number of nitrogens with one attached hydrogen (secondary N) is 1. The number of benzene rings is 1. The Bertz CT molecular complexity index is 411. The smallest absolute Gasteiger partial charge is 0.129 e. The third-order valence-electron chi connectivity index (χ3n) is 3.75. The summed E-state index contributed by atoms with van der Waals surface area (Å²) in [6.45, 7) is 2.43. The highest BCUT2D eigenvalue weighted by atomic mass is 19.1. The largest absolute Gasteiger partial charge is 0.387 e. The first-order chi connectivity index (χ1) is 8.58. The van der Waals surface area contributed by atoms with Gasteiger partial charge in [0.05, 0.1) is 6.10 Å². The fourth-order valence-corrected chi connectivity index (χ4v) is 2.59. The van der Waals surface area contributed by atoms with Gasteiger partial charge in [-0.3, -0.25) is 0 Å². The average Bonchev–Trinajstić information content (AvgIpc) is 2.75. The van der Waals surface area contributed by atoms with E-state index in [0.29, 0.717) is 12.0 Å². The summed E-state index contributed by atoms with van der Waals surface area (Å²) in [5.74, 6) is -0.514. The molecule has 0 spiro atoms. The van der Waals surface area contributed by atoms with Crippen LogP contribution in [0.1, 0.15) is 37.9 Å².